The van der Waals surface area contributed by atoms with E-state index >= 15 is 0 Å². The molecule has 0 aliphatic rings. The van der Waals surface area contributed by atoms with Crippen molar-refractivity contribution in [2.45, 2.75) is 524 Å². The third-order valence-corrected chi connectivity index (χ3v) is 23.8. The quantitative estimate of drug-likeness (QED) is 0.0300. The lowest BCUT2D eigenvalue weighted by atomic mass is 9.90. The Balaban J connectivity index is -0.00000206. The number of nitrogens with zero attached hydrogens (tertiary/aromatic N) is 1. The molecule has 0 aromatic carbocycles. The second-order valence-corrected chi connectivity index (χ2v) is 34.5. The van der Waals surface area contributed by atoms with E-state index in [2.05, 4.69) is 67.3 Å². The minimum absolute atomic E-state index is 0.00479. The summed E-state index contributed by atoms with van der Waals surface area (Å²) in [5, 5.41) is 25.8. The number of ether oxygens (including phenoxy) is 4. The molecular formula is C99H197NO11. The standard InChI is InChI=1S/C49H97NO5.C49H96O5.CH4O/c1-6-10-14-18-20-26-35-45(33-24-16-12-8-3)43-54-48(52)39-30-22-28-37-47(50(5)41-32-42-51)38-29-23-31-40-49(53)55-44-46(34-25-17-13-9-4)36-27-21-19-15-11-7-2;1-5-9-13-17-19-25-38-46(36-23-15-11-7-3)43-53-48(51)40-29-21-27-33-45(35-31-32-42-50)34-28-22-30-41-49(52)54-44-47(37-24-16-12-8-4)39-26-20-18-14-10-6-2;1-2/h45-47,51H,6-44H2,1-5H3;45-47,50H,5-44H2,1-4H3;2H,1H3. The highest BCUT2D eigenvalue weighted by Gasteiger charge is 2.20. The molecule has 0 saturated heterocycles. The number of hydrogen-bond acceptors (Lipinski definition) is 12. The molecule has 0 bridgehead atoms. The van der Waals surface area contributed by atoms with Crippen LogP contribution in [0.3, 0.4) is 0 Å². The van der Waals surface area contributed by atoms with Gasteiger partial charge in [0.05, 0.1) is 26.4 Å². The van der Waals surface area contributed by atoms with Gasteiger partial charge in [0.2, 0.25) is 0 Å². The van der Waals surface area contributed by atoms with Crippen LogP contribution in [0.1, 0.15) is 518 Å². The van der Waals surface area contributed by atoms with Gasteiger partial charge in [-0.25, -0.2) is 0 Å². The number of hydrogen-bond donors (Lipinski definition) is 3. The number of carbonyl (C=O) groups is 4. The van der Waals surface area contributed by atoms with Crippen molar-refractivity contribution in [1.29, 1.82) is 0 Å². The lowest BCUT2D eigenvalue weighted by Crippen LogP contribution is -2.33. The molecule has 12 heteroatoms. The summed E-state index contributed by atoms with van der Waals surface area (Å²) in [5.41, 5.74) is 0. The summed E-state index contributed by atoms with van der Waals surface area (Å²) in [6.45, 7) is 22.0. The van der Waals surface area contributed by atoms with Crippen LogP contribution in [-0.4, -0.2) is 110 Å². The van der Waals surface area contributed by atoms with Gasteiger partial charge >= 0.3 is 23.9 Å². The van der Waals surface area contributed by atoms with E-state index in [4.69, 9.17) is 24.1 Å². The maximum atomic E-state index is 12.7. The molecule has 0 rings (SSSR count). The summed E-state index contributed by atoms with van der Waals surface area (Å²) >= 11 is 0. The molecule has 0 spiro atoms. The molecule has 0 radical (unpaired) electrons. The summed E-state index contributed by atoms with van der Waals surface area (Å²) in [6.07, 6.45) is 84.7. The van der Waals surface area contributed by atoms with Crippen molar-refractivity contribution < 1.29 is 53.4 Å². The van der Waals surface area contributed by atoms with Crippen LogP contribution in [0.4, 0.5) is 0 Å². The highest BCUT2D eigenvalue weighted by atomic mass is 16.5. The predicted octanol–water partition coefficient (Wildman–Crippen LogP) is 29.4. The van der Waals surface area contributed by atoms with Crippen molar-refractivity contribution in [2.75, 3.05) is 60.3 Å². The molecule has 111 heavy (non-hydrogen) atoms. The highest BCUT2D eigenvalue weighted by molar-refractivity contribution is 5.70. The van der Waals surface area contributed by atoms with Crippen molar-refractivity contribution >= 4 is 23.9 Å². The van der Waals surface area contributed by atoms with Crippen molar-refractivity contribution in [3.05, 3.63) is 0 Å². The van der Waals surface area contributed by atoms with Gasteiger partial charge in [0.15, 0.2) is 0 Å². The molecule has 0 heterocycles. The van der Waals surface area contributed by atoms with Gasteiger partial charge in [-0.15, -0.1) is 0 Å². The maximum absolute atomic E-state index is 12.7. The Morgan fingerprint density at radius 3 is 0.613 bits per heavy atom. The van der Waals surface area contributed by atoms with E-state index in [-0.39, 0.29) is 37.1 Å². The minimum atomic E-state index is -0.0167. The Bertz CT molecular complexity index is 1720. The number of rotatable bonds is 88. The van der Waals surface area contributed by atoms with Gasteiger partial charge in [-0.05, 0) is 139 Å². The summed E-state index contributed by atoms with van der Waals surface area (Å²) in [6, 6.07) is 0.469. The summed E-state index contributed by atoms with van der Waals surface area (Å²) in [5.74, 6) is 2.72. The number of carbonyl (C=O) groups excluding carboxylic acids is 4. The zero-order valence-corrected chi connectivity index (χ0v) is 76.4. The van der Waals surface area contributed by atoms with Crippen molar-refractivity contribution in [2.24, 2.45) is 29.6 Å². The Morgan fingerprint density at radius 1 is 0.225 bits per heavy atom. The first-order chi connectivity index (χ1) is 54.4. The smallest absolute Gasteiger partial charge is 0.305 e. The Kier molecular flexibility index (Phi) is 96.5. The van der Waals surface area contributed by atoms with E-state index in [0.717, 1.165) is 123 Å². The van der Waals surface area contributed by atoms with Crippen molar-refractivity contribution in [3.63, 3.8) is 0 Å². The molecule has 4 atom stereocenters. The van der Waals surface area contributed by atoms with Crippen LogP contribution >= 0.6 is 0 Å². The van der Waals surface area contributed by atoms with E-state index in [0.29, 0.717) is 87.7 Å². The second kappa shape index (κ2) is 94.9. The van der Waals surface area contributed by atoms with E-state index in [1.54, 1.807) is 0 Å². The topological polar surface area (TPSA) is 169 Å². The Hall–Kier alpha value is -2.28. The first kappa shape index (κ1) is 113. The molecule has 0 saturated carbocycles. The molecule has 0 aliphatic heterocycles. The normalized spacial score (nSPS) is 13.1. The number of aliphatic hydroxyl groups excluding tert-OH is 3. The van der Waals surface area contributed by atoms with Gasteiger partial charge in [0, 0.05) is 58.6 Å². The second-order valence-electron chi connectivity index (χ2n) is 34.5. The fourth-order valence-corrected chi connectivity index (χ4v) is 16.1. The van der Waals surface area contributed by atoms with Crippen LogP contribution in [0.25, 0.3) is 0 Å². The van der Waals surface area contributed by atoms with Crippen LogP contribution in [0.15, 0.2) is 0 Å². The minimum Gasteiger partial charge on any atom is -0.465 e. The van der Waals surface area contributed by atoms with Gasteiger partial charge in [0.25, 0.3) is 0 Å². The average Bonchev–Trinajstić information content (AvgIpc) is 0.945. The van der Waals surface area contributed by atoms with Crippen molar-refractivity contribution in [1.82, 2.24) is 4.90 Å². The number of esters is 4. The first-order valence-electron chi connectivity index (χ1n) is 49.4. The zero-order valence-electron chi connectivity index (χ0n) is 76.4. The summed E-state index contributed by atoms with van der Waals surface area (Å²) in [4.78, 5) is 53.0. The van der Waals surface area contributed by atoms with Gasteiger partial charge < -0.3 is 39.2 Å². The SMILES string of the molecule is CCCCCCCCC(CCCCCC)COC(=O)CCCCCC(CCCCCC(=O)OCC(CCCCCC)CCCCCCCC)N(C)CCCO.CCCCCCCCC(CCCCCC)COC(=O)CCCCCC(CCCCO)CCCCCC(=O)OCC(CCCCCC)CCCCCCCC.CO. The first-order valence-corrected chi connectivity index (χ1v) is 49.4. The number of unbranched alkanes of at least 4 members (excludes halogenated alkanes) is 41. The molecule has 0 aromatic heterocycles. The van der Waals surface area contributed by atoms with Crippen LogP contribution in [-0.2, 0) is 38.1 Å². The largest absolute Gasteiger partial charge is 0.465 e. The van der Waals surface area contributed by atoms with E-state index in [1.807, 2.05) is 0 Å². The fraction of sp³-hybridized carbons (Fsp3) is 0.960. The lowest BCUT2D eigenvalue weighted by Gasteiger charge is -2.28. The molecule has 0 aliphatic carbocycles. The molecule has 0 fully saturated rings. The summed E-state index contributed by atoms with van der Waals surface area (Å²) in [7, 11) is 3.18. The van der Waals surface area contributed by atoms with Crippen LogP contribution in [0.5, 0.6) is 0 Å². The van der Waals surface area contributed by atoms with E-state index in [9.17, 15) is 29.4 Å². The van der Waals surface area contributed by atoms with Crippen LogP contribution in [0.2, 0.25) is 0 Å². The molecule has 0 amide bonds. The maximum Gasteiger partial charge on any atom is 0.305 e. The third kappa shape index (κ3) is 85.4. The summed E-state index contributed by atoms with van der Waals surface area (Å²) < 4.78 is 23.3. The van der Waals surface area contributed by atoms with E-state index < -0.39 is 0 Å². The highest BCUT2D eigenvalue weighted by Crippen LogP contribution is 2.28. The zero-order chi connectivity index (χ0) is 82.0. The molecule has 0 aromatic rings. The van der Waals surface area contributed by atoms with Crippen LogP contribution < -0.4 is 0 Å². The predicted molar refractivity (Wildman–Crippen MR) is 478 cm³/mol. The Labute approximate surface area is 692 Å². The fourth-order valence-electron chi connectivity index (χ4n) is 16.1. The third-order valence-electron chi connectivity index (χ3n) is 23.8. The molecule has 664 valence electrons. The van der Waals surface area contributed by atoms with Gasteiger partial charge in [0.1, 0.15) is 0 Å². The monoisotopic (exact) mass is 1580 g/mol. The van der Waals surface area contributed by atoms with Crippen LogP contribution in [0, 0.1) is 29.6 Å². The molecular weight excluding hydrogens is 1380 g/mol. The van der Waals surface area contributed by atoms with E-state index in [1.165, 1.54) is 327 Å². The lowest BCUT2D eigenvalue weighted by molar-refractivity contribution is -0.146. The molecule has 4 unspecified atom stereocenters. The number of aliphatic hydroxyl groups is 3. The molecule has 3 N–H and O–H groups in total. The van der Waals surface area contributed by atoms with Gasteiger partial charge in [-0.3, -0.25) is 19.2 Å². The Morgan fingerprint density at radius 2 is 0.396 bits per heavy atom. The van der Waals surface area contributed by atoms with Gasteiger partial charge in [-0.2, -0.15) is 0 Å². The average molecular weight is 1580 g/mol. The van der Waals surface area contributed by atoms with Crippen molar-refractivity contribution in [3.8, 4) is 0 Å². The molecule has 12 nitrogen and oxygen atoms in total. The van der Waals surface area contributed by atoms with Gasteiger partial charge in [-0.1, -0.05) is 389 Å².